The average Bonchev–Trinajstić information content (AvgIpc) is 2.33. The first-order chi connectivity index (χ1) is 6.33. The van der Waals surface area contributed by atoms with Crippen LogP contribution in [0.5, 0.6) is 0 Å². The zero-order chi connectivity index (χ0) is 9.26. The summed E-state index contributed by atoms with van der Waals surface area (Å²) in [6.07, 6.45) is 4.94. The zero-order valence-electron chi connectivity index (χ0n) is 8.14. The van der Waals surface area contributed by atoms with Crippen LogP contribution in [-0.4, -0.2) is 16.7 Å². The van der Waals surface area contributed by atoms with E-state index in [1.165, 1.54) is 36.2 Å². The molecular weight excluding hydrogens is 162 g/mol. The van der Waals surface area contributed by atoms with Gasteiger partial charge in [-0.1, -0.05) is 6.42 Å². The lowest BCUT2D eigenvalue weighted by Crippen LogP contribution is -2.13. The van der Waals surface area contributed by atoms with Crippen molar-refractivity contribution >= 4 is 0 Å². The Hall–Kier alpha value is -0.830. The Kier molecular flexibility index (Phi) is 2.36. The molecule has 0 atom stereocenters. The maximum Gasteiger partial charge on any atom is 0.0688 e. The van der Waals surface area contributed by atoms with Crippen LogP contribution in [0.25, 0.3) is 0 Å². The molecular formula is C10H17N3. The Morgan fingerprint density at radius 2 is 2.31 bits per heavy atom. The van der Waals surface area contributed by atoms with Crippen molar-refractivity contribution in [1.29, 1.82) is 0 Å². The normalized spacial score (nSPS) is 17.4. The molecule has 72 valence electrons. The summed E-state index contributed by atoms with van der Waals surface area (Å²) in [5.41, 5.74) is 9.43. The second-order valence-electron chi connectivity index (χ2n) is 3.88. The standard InChI is InChI=1S/C10H17N3/c1-7-9(5-6-11)10(13-12-7)8-3-2-4-8/h8H,2-6,11H2,1H3,(H,12,13). The highest BCUT2D eigenvalue weighted by Gasteiger charge is 2.25. The summed E-state index contributed by atoms with van der Waals surface area (Å²) in [7, 11) is 0. The van der Waals surface area contributed by atoms with E-state index in [4.69, 9.17) is 5.73 Å². The van der Waals surface area contributed by atoms with Crippen molar-refractivity contribution in [2.24, 2.45) is 5.73 Å². The lowest BCUT2D eigenvalue weighted by molar-refractivity contribution is 0.408. The molecule has 0 unspecified atom stereocenters. The molecule has 0 bridgehead atoms. The number of rotatable bonds is 3. The van der Waals surface area contributed by atoms with Crippen LogP contribution in [0.4, 0.5) is 0 Å². The molecule has 0 spiro atoms. The summed E-state index contributed by atoms with van der Waals surface area (Å²) in [5, 5.41) is 7.44. The smallest absolute Gasteiger partial charge is 0.0688 e. The Morgan fingerprint density at radius 1 is 1.54 bits per heavy atom. The van der Waals surface area contributed by atoms with Gasteiger partial charge in [0.2, 0.25) is 0 Å². The molecule has 1 saturated carbocycles. The van der Waals surface area contributed by atoms with Crippen molar-refractivity contribution in [2.75, 3.05) is 6.54 Å². The first-order valence-corrected chi connectivity index (χ1v) is 5.06. The third-order valence-electron chi connectivity index (χ3n) is 2.99. The monoisotopic (exact) mass is 179 g/mol. The summed E-state index contributed by atoms with van der Waals surface area (Å²) in [5.74, 6) is 0.714. The number of hydrogen-bond acceptors (Lipinski definition) is 2. The van der Waals surface area contributed by atoms with Gasteiger partial charge in [0.05, 0.1) is 5.69 Å². The summed E-state index contributed by atoms with van der Waals surface area (Å²) in [6, 6.07) is 0. The summed E-state index contributed by atoms with van der Waals surface area (Å²) in [4.78, 5) is 0. The van der Waals surface area contributed by atoms with Gasteiger partial charge < -0.3 is 5.73 Å². The Morgan fingerprint density at radius 3 is 2.85 bits per heavy atom. The van der Waals surface area contributed by atoms with Gasteiger partial charge in [0.1, 0.15) is 0 Å². The lowest BCUT2D eigenvalue weighted by Gasteiger charge is -2.24. The van der Waals surface area contributed by atoms with Gasteiger partial charge in [-0.05, 0) is 38.3 Å². The molecule has 0 saturated heterocycles. The van der Waals surface area contributed by atoms with E-state index in [-0.39, 0.29) is 0 Å². The number of nitrogens with one attached hydrogen (secondary N) is 1. The number of aromatic amines is 1. The SMILES string of the molecule is Cc1[nH]nc(C2CCC2)c1CCN. The maximum atomic E-state index is 5.58. The highest BCUT2D eigenvalue weighted by molar-refractivity contribution is 5.28. The molecule has 1 aromatic heterocycles. The predicted octanol–water partition coefficient (Wildman–Crippen LogP) is 1.49. The maximum absolute atomic E-state index is 5.58. The van der Waals surface area contributed by atoms with Gasteiger partial charge in [-0.3, -0.25) is 5.10 Å². The third-order valence-corrected chi connectivity index (χ3v) is 2.99. The summed E-state index contributed by atoms with van der Waals surface area (Å²) < 4.78 is 0. The molecule has 0 aliphatic heterocycles. The highest BCUT2D eigenvalue weighted by Crippen LogP contribution is 2.37. The van der Waals surface area contributed by atoms with Crippen molar-refractivity contribution in [3.8, 4) is 0 Å². The van der Waals surface area contributed by atoms with Gasteiger partial charge >= 0.3 is 0 Å². The minimum absolute atomic E-state index is 0.714. The van der Waals surface area contributed by atoms with Crippen molar-refractivity contribution in [2.45, 2.75) is 38.5 Å². The fraction of sp³-hybridized carbons (Fsp3) is 0.700. The number of H-pyrrole nitrogens is 1. The van der Waals surface area contributed by atoms with Crippen molar-refractivity contribution < 1.29 is 0 Å². The number of nitrogens with two attached hydrogens (primary N) is 1. The molecule has 0 aromatic carbocycles. The Bertz CT molecular complexity index is 286. The fourth-order valence-corrected chi connectivity index (χ4v) is 1.95. The minimum Gasteiger partial charge on any atom is -0.330 e. The molecule has 1 aromatic rings. The van der Waals surface area contributed by atoms with E-state index in [2.05, 4.69) is 17.1 Å². The van der Waals surface area contributed by atoms with Crippen LogP contribution in [-0.2, 0) is 6.42 Å². The third kappa shape index (κ3) is 1.48. The quantitative estimate of drug-likeness (QED) is 0.738. The van der Waals surface area contributed by atoms with E-state index in [0.717, 1.165) is 13.0 Å². The van der Waals surface area contributed by atoms with E-state index in [0.29, 0.717) is 5.92 Å². The summed E-state index contributed by atoms with van der Waals surface area (Å²) >= 11 is 0. The summed E-state index contributed by atoms with van der Waals surface area (Å²) in [6.45, 7) is 2.81. The lowest BCUT2D eigenvalue weighted by atomic mass is 9.81. The molecule has 2 rings (SSSR count). The average molecular weight is 179 g/mol. The van der Waals surface area contributed by atoms with E-state index >= 15 is 0 Å². The van der Waals surface area contributed by atoms with E-state index in [9.17, 15) is 0 Å². The van der Waals surface area contributed by atoms with E-state index < -0.39 is 0 Å². The first-order valence-electron chi connectivity index (χ1n) is 5.06. The molecule has 0 radical (unpaired) electrons. The zero-order valence-corrected chi connectivity index (χ0v) is 8.14. The molecule has 13 heavy (non-hydrogen) atoms. The molecule has 3 N–H and O–H groups in total. The van der Waals surface area contributed by atoms with Crippen molar-refractivity contribution in [3.05, 3.63) is 17.0 Å². The van der Waals surface area contributed by atoms with Gasteiger partial charge in [-0.25, -0.2) is 0 Å². The van der Waals surface area contributed by atoms with Crippen LogP contribution in [0, 0.1) is 6.92 Å². The molecule has 0 amide bonds. The second-order valence-corrected chi connectivity index (χ2v) is 3.88. The van der Waals surface area contributed by atoms with Crippen LogP contribution < -0.4 is 5.73 Å². The van der Waals surface area contributed by atoms with Gasteiger partial charge in [0.25, 0.3) is 0 Å². The van der Waals surface area contributed by atoms with Crippen LogP contribution in [0.2, 0.25) is 0 Å². The number of nitrogens with zero attached hydrogens (tertiary/aromatic N) is 1. The van der Waals surface area contributed by atoms with Crippen LogP contribution in [0.15, 0.2) is 0 Å². The minimum atomic E-state index is 0.714. The highest BCUT2D eigenvalue weighted by atomic mass is 15.1. The van der Waals surface area contributed by atoms with Gasteiger partial charge in [0, 0.05) is 11.6 Å². The molecule has 1 aliphatic rings. The number of aromatic nitrogens is 2. The van der Waals surface area contributed by atoms with Crippen molar-refractivity contribution in [3.63, 3.8) is 0 Å². The van der Waals surface area contributed by atoms with Crippen LogP contribution in [0.1, 0.15) is 42.1 Å². The van der Waals surface area contributed by atoms with Gasteiger partial charge in [-0.2, -0.15) is 5.10 Å². The van der Waals surface area contributed by atoms with E-state index in [1.807, 2.05) is 0 Å². The molecule has 3 nitrogen and oxygen atoms in total. The molecule has 1 aliphatic carbocycles. The second kappa shape index (κ2) is 3.50. The number of hydrogen-bond donors (Lipinski definition) is 2. The topological polar surface area (TPSA) is 54.7 Å². The molecule has 1 fully saturated rings. The number of aryl methyl sites for hydroxylation is 1. The molecule has 3 heteroatoms. The molecule has 1 heterocycles. The van der Waals surface area contributed by atoms with Crippen LogP contribution >= 0.6 is 0 Å². The van der Waals surface area contributed by atoms with Crippen LogP contribution in [0.3, 0.4) is 0 Å². The fourth-order valence-electron chi connectivity index (χ4n) is 1.95. The first kappa shape index (κ1) is 8.75. The van der Waals surface area contributed by atoms with Gasteiger partial charge in [0.15, 0.2) is 0 Å². The predicted molar refractivity (Wildman–Crippen MR) is 52.7 cm³/mol. The Labute approximate surface area is 78.7 Å². The van der Waals surface area contributed by atoms with Crippen molar-refractivity contribution in [1.82, 2.24) is 10.2 Å². The Balaban J connectivity index is 2.22. The largest absolute Gasteiger partial charge is 0.330 e. The van der Waals surface area contributed by atoms with Gasteiger partial charge in [-0.15, -0.1) is 0 Å². The van der Waals surface area contributed by atoms with E-state index in [1.54, 1.807) is 0 Å².